The van der Waals surface area contributed by atoms with Crippen molar-refractivity contribution in [3.63, 3.8) is 0 Å². The predicted octanol–water partition coefficient (Wildman–Crippen LogP) is 3.31. The minimum Gasteiger partial charge on any atom is -0.492 e. The fraction of sp³-hybridized carbons (Fsp3) is 0.462. The van der Waals surface area contributed by atoms with Gasteiger partial charge in [0.25, 0.3) is 0 Å². The topological polar surface area (TPSA) is 42.2 Å². The van der Waals surface area contributed by atoms with Crippen LogP contribution in [0.2, 0.25) is 0 Å². The molecule has 1 saturated carbocycles. The van der Waals surface area contributed by atoms with Crippen LogP contribution in [-0.4, -0.2) is 13.7 Å². The smallest absolute Gasteiger partial charge is 0.174 e. The molecule has 0 N–H and O–H groups in total. The summed E-state index contributed by atoms with van der Waals surface area (Å²) in [6.45, 7) is 0.735. The summed E-state index contributed by atoms with van der Waals surface area (Å²) in [5.41, 5.74) is 0.936. The molecule has 0 unspecified atom stereocenters. The summed E-state index contributed by atoms with van der Waals surface area (Å²) in [5.74, 6) is 2.12. The van der Waals surface area contributed by atoms with E-state index < -0.39 is 0 Å². The number of hydrogen-bond acceptors (Lipinski definition) is 3. The maximum absolute atomic E-state index is 8.72. The third-order valence-corrected chi connectivity index (χ3v) is 3.32. The highest BCUT2D eigenvalue weighted by molar-refractivity contribution is 9.10. The number of nitriles is 1. The quantitative estimate of drug-likeness (QED) is 0.837. The summed E-state index contributed by atoms with van der Waals surface area (Å²) >= 11 is 3.44. The highest BCUT2D eigenvalue weighted by atomic mass is 79.9. The summed E-state index contributed by atoms with van der Waals surface area (Å²) in [6, 6.07) is 5.91. The zero-order chi connectivity index (χ0) is 12.3. The number of benzene rings is 1. The first-order chi connectivity index (χ1) is 8.24. The zero-order valence-electron chi connectivity index (χ0n) is 9.70. The van der Waals surface area contributed by atoms with Gasteiger partial charge in [0.2, 0.25) is 0 Å². The molecule has 2 rings (SSSR count). The van der Waals surface area contributed by atoms with Crippen molar-refractivity contribution < 1.29 is 9.47 Å². The standard InChI is InChI=1S/C13H14BrNO2/c1-16-13-11(14)6-10(4-5-15)7-12(13)17-8-9-2-3-9/h6-7,9H,2-4,8H2,1H3. The molecule has 0 spiro atoms. The molecule has 0 bridgehead atoms. The average Bonchev–Trinajstić information content (AvgIpc) is 3.10. The highest BCUT2D eigenvalue weighted by Crippen LogP contribution is 2.38. The molecule has 0 aliphatic heterocycles. The van der Waals surface area contributed by atoms with E-state index in [1.807, 2.05) is 12.1 Å². The monoisotopic (exact) mass is 295 g/mol. The number of nitrogens with zero attached hydrogens (tertiary/aromatic N) is 1. The first-order valence-electron chi connectivity index (χ1n) is 5.60. The van der Waals surface area contributed by atoms with Crippen LogP contribution < -0.4 is 9.47 Å². The van der Waals surface area contributed by atoms with Crippen LogP contribution in [0.15, 0.2) is 16.6 Å². The van der Waals surface area contributed by atoms with E-state index in [1.165, 1.54) is 12.8 Å². The maximum atomic E-state index is 8.72. The van der Waals surface area contributed by atoms with Crippen molar-refractivity contribution in [2.45, 2.75) is 19.3 Å². The molecule has 1 aromatic rings. The van der Waals surface area contributed by atoms with E-state index in [4.69, 9.17) is 14.7 Å². The summed E-state index contributed by atoms with van der Waals surface area (Å²) in [4.78, 5) is 0. The minimum absolute atomic E-state index is 0.377. The first-order valence-corrected chi connectivity index (χ1v) is 6.40. The number of ether oxygens (including phenoxy) is 2. The van der Waals surface area contributed by atoms with Gasteiger partial charge in [0.05, 0.1) is 30.7 Å². The second-order valence-corrected chi connectivity index (χ2v) is 5.05. The zero-order valence-corrected chi connectivity index (χ0v) is 11.3. The fourth-order valence-corrected chi connectivity index (χ4v) is 2.26. The van der Waals surface area contributed by atoms with Crippen molar-refractivity contribution in [2.75, 3.05) is 13.7 Å². The van der Waals surface area contributed by atoms with E-state index in [0.717, 1.165) is 22.4 Å². The Labute approximate surface area is 109 Å². The van der Waals surface area contributed by atoms with E-state index in [-0.39, 0.29) is 0 Å². The molecule has 1 aliphatic rings. The molecule has 90 valence electrons. The largest absolute Gasteiger partial charge is 0.492 e. The predicted molar refractivity (Wildman–Crippen MR) is 68.2 cm³/mol. The van der Waals surface area contributed by atoms with Gasteiger partial charge in [-0.25, -0.2) is 0 Å². The molecular formula is C13H14BrNO2. The summed E-state index contributed by atoms with van der Waals surface area (Å²) in [5, 5.41) is 8.72. The van der Waals surface area contributed by atoms with Crippen molar-refractivity contribution in [2.24, 2.45) is 5.92 Å². The molecule has 0 aromatic heterocycles. The van der Waals surface area contributed by atoms with E-state index in [0.29, 0.717) is 18.1 Å². The Hall–Kier alpha value is -1.21. The second-order valence-electron chi connectivity index (χ2n) is 4.20. The van der Waals surface area contributed by atoms with Gasteiger partial charge in [-0.2, -0.15) is 5.26 Å². The summed E-state index contributed by atoms with van der Waals surface area (Å²) in [7, 11) is 1.62. The molecule has 1 aliphatic carbocycles. The SMILES string of the molecule is COc1c(Br)cc(CC#N)cc1OCC1CC1. The summed E-state index contributed by atoms with van der Waals surface area (Å²) in [6.07, 6.45) is 2.88. The summed E-state index contributed by atoms with van der Waals surface area (Å²) < 4.78 is 11.9. The van der Waals surface area contributed by atoms with Crippen LogP contribution in [0.4, 0.5) is 0 Å². The molecule has 0 heterocycles. The van der Waals surface area contributed by atoms with Crippen LogP contribution in [-0.2, 0) is 6.42 Å². The Morgan fingerprint density at radius 3 is 2.82 bits per heavy atom. The van der Waals surface area contributed by atoms with Crippen molar-refractivity contribution in [3.05, 3.63) is 22.2 Å². The van der Waals surface area contributed by atoms with Crippen LogP contribution in [0.5, 0.6) is 11.5 Å². The molecule has 0 atom stereocenters. The van der Waals surface area contributed by atoms with Crippen molar-refractivity contribution >= 4 is 15.9 Å². The van der Waals surface area contributed by atoms with Crippen molar-refractivity contribution in [3.8, 4) is 17.6 Å². The van der Waals surface area contributed by atoms with Gasteiger partial charge in [-0.1, -0.05) is 0 Å². The normalized spacial score (nSPS) is 14.2. The van der Waals surface area contributed by atoms with E-state index in [2.05, 4.69) is 22.0 Å². The number of methoxy groups -OCH3 is 1. The molecule has 17 heavy (non-hydrogen) atoms. The number of halogens is 1. The Morgan fingerprint density at radius 1 is 1.47 bits per heavy atom. The molecular weight excluding hydrogens is 282 g/mol. The second kappa shape index (κ2) is 5.42. The number of rotatable bonds is 5. The van der Waals surface area contributed by atoms with Gasteiger partial charge in [0.1, 0.15) is 0 Å². The lowest BCUT2D eigenvalue weighted by Crippen LogP contribution is -2.02. The van der Waals surface area contributed by atoms with E-state index >= 15 is 0 Å². The Balaban J connectivity index is 2.21. The molecule has 3 nitrogen and oxygen atoms in total. The van der Waals surface area contributed by atoms with Crippen LogP contribution in [0.1, 0.15) is 18.4 Å². The molecule has 1 fully saturated rings. The van der Waals surface area contributed by atoms with Gasteiger partial charge in [0.15, 0.2) is 11.5 Å². The lowest BCUT2D eigenvalue weighted by atomic mass is 10.1. The van der Waals surface area contributed by atoms with Crippen LogP contribution in [0, 0.1) is 17.2 Å². The van der Waals surface area contributed by atoms with Gasteiger partial charge >= 0.3 is 0 Å². The van der Waals surface area contributed by atoms with Crippen molar-refractivity contribution in [1.29, 1.82) is 5.26 Å². The lowest BCUT2D eigenvalue weighted by Gasteiger charge is -2.13. The third kappa shape index (κ3) is 3.13. The molecule has 0 amide bonds. The molecule has 4 heteroatoms. The van der Waals surface area contributed by atoms with Gasteiger partial charge in [-0.15, -0.1) is 0 Å². The Bertz CT molecular complexity index is 449. The first kappa shape index (κ1) is 12.3. The maximum Gasteiger partial charge on any atom is 0.174 e. The van der Waals surface area contributed by atoms with Crippen LogP contribution >= 0.6 is 15.9 Å². The van der Waals surface area contributed by atoms with E-state index in [1.54, 1.807) is 7.11 Å². The van der Waals surface area contributed by atoms with Gasteiger partial charge in [-0.3, -0.25) is 0 Å². The Morgan fingerprint density at radius 2 is 2.24 bits per heavy atom. The highest BCUT2D eigenvalue weighted by Gasteiger charge is 2.23. The molecule has 0 radical (unpaired) electrons. The van der Waals surface area contributed by atoms with E-state index in [9.17, 15) is 0 Å². The average molecular weight is 296 g/mol. The van der Waals surface area contributed by atoms with Gasteiger partial charge in [0, 0.05) is 0 Å². The van der Waals surface area contributed by atoms with Gasteiger partial charge in [-0.05, 0) is 52.4 Å². The van der Waals surface area contributed by atoms with Crippen LogP contribution in [0.25, 0.3) is 0 Å². The molecule has 1 aromatic carbocycles. The fourth-order valence-electron chi connectivity index (χ4n) is 1.61. The van der Waals surface area contributed by atoms with Gasteiger partial charge < -0.3 is 9.47 Å². The molecule has 0 saturated heterocycles. The minimum atomic E-state index is 0.377. The third-order valence-electron chi connectivity index (χ3n) is 2.73. The number of hydrogen-bond donors (Lipinski definition) is 0. The van der Waals surface area contributed by atoms with Crippen LogP contribution in [0.3, 0.4) is 0 Å². The van der Waals surface area contributed by atoms with Crippen molar-refractivity contribution in [1.82, 2.24) is 0 Å². The lowest BCUT2D eigenvalue weighted by molar-refractivity contribution is 0.279. The Kier molecular flexibility index (Phi) is 3.90.